The molecule has 1 atom stereocenters. The topological polar surface area (TPSA) is 37.3 Å². The standard InChI is InChI=1S/C11H13ClO2/c1-7-5-9(11(13)14)3-4-10(7)8(2)6-12/h3-5,8H,6H2,1-2H3,(H,13,14). The van der Waals surface area contributed by atoms with E-state index in [1.807, 2.05) is 19.9 Å². The summed E-state index contributed by atoms with van der Waals surface area (Å²) in [5.41, 5.74) is 2.43. The first-order valence-electron chi connectivity index (χ1n) is 4.46. The molecule has 0 heterocycles. The molecule has 0 aliphatic rings. The fourth-order valence-electron chi connectivity index (χ4n) is 1.44. The lowest BCUT2D eigenvalue weighted by atomic mass is 9.96. The highest BCUT2D eigenvalue weighted by Crippen LogP contribution is 2.21. The molecular weight excluding hydrogens is 200 g/mol. The van der Waals surface area contributed by atoms with E-state index >= 15 is 0 Å². The number of rotatable bonds is 3. The average Bonchev–Trinajstić information content (AvgIpc) is 2.16. The molecule has 1 N–H and O–H groups in total. The molecule has 0 bridgehead atoms. The van der Waals surface area contributed by atoms with Crippen molar-refractivity contribution in [2.45, 2.75) is 19.8 Å². The number of carboxylic acids is 1. The number of halogens is 1. The SMILES string of the molecule is Cc1cc(C(=O)O)ccc1C(C)CCl. The number of benzene rings is 1. The van der Waals surface area contributed by atoms with E-state index in [4.69, 9.17) is 16.7 Å². The Hall–Kier alpha value is -1.02. The van der Waals surface area contributed by atoms with Crippen molar-refractivity contribution in [1.29, 1.82) is 0 Å². The van der Waals surface area contributed by atoms with Gasteiger partial charge in [0, 0.05) is 5.88 Å². The van der Waals surface area contributed by atoms with Crippen molar-refractivity contribution in [3.05, 3.63) is 34.9 Å². The molecule has 0 aliphatic heterocycles. The molecule has 0 radical (unpaired) electrons. The van der Waals surface area contributed by atoms with E-state index in [0.717, 1.165) is 11.1 Å². The monoisotopic (exact) mass is 212 g/mol. The molecule has 76 valence electrons. The summed E-state index contributed by atoms with van der Waals surface area (Å²) in [6.45, 7) is 3.93. The Labute approximate surface area is 88.5 Å². The van der Waals surface area contributed by atoms with Crippen LogP contribution in [0.1, 0.15) is 34.3 Å². The summed E-state index contributed by atoms with van der Waals surface area (Å²) in [5.74, 6) is -0.0783. The summed E-state index contributed by atoms with van der Waals surface area (Å²) in [7, 11) is 0. The molecule has 0 saturated carbocycles. The Morgan fingerprint density at radius 1 is 1.57 bits per heavy atom. The Morgan fingerprint density at radius 3 is 2.64 bits per heavy atom. The third-order valence-electron chi connectivity index (χ3n) is 2.28. The van der Waals surface area contributed by atoms with E-state index in [1.54, 1.807) is 12.1 Å². The van der Waals surface area contributed by atoms with E-state index in [9.17, 15) is 4.79 Å². The minimum absolute atomic E-state index is 0.263. The van der Waals surface area contributed by atoms with Crippen molar-refractivity contribution in [3.63, 3.8) is 0 Å². The Kier molecular flexibility index (Phi) is 3.53. The predicted molar refractivity (Wildman–Crippen MR) is 57.3 cm³/mol. The Morgan fingerprint density at radius 2 is 2.21 bits per heavy atom. The van der Waals surface area contributed by atoms with Gasteiger partial charge in [0.2, 0.25) is 0 Å². The molecule has 0 spiro atoms. The first-order chi connectivity index (χ1) is 6.56. The normalized spacial score (nSPS) is 12.5. The van der Waals surface area contributed by atoms with Gasteiger partial charge < -0.3 is 5.11 Å². The Bertz CT molecular complexity index is 347. The second kappa shape index (κ2) is 4.47. The van der Waals surface area contributed by atoms with Crippen LogP contribution in [0.4, 0.5) is 0 Å². The molecule has 1 rings (SSSR count). The lowest BCUT2D eigenvalue weighted by Crippen LogP contribution is -2.02. The molecule has 14 heavy (non-hydrogen) atoms. The molecule has 0 amide bonds. The van der Waals surface area contributed by atoms with Gasteiger partial charge in [0.1, 0.15) is 0 Å². The van der Waals surface area contributed by atoms with Gasteiger partial charge in [-0.1, -0.05) is 13.0 Å². The zero-order valence-corrected chi connectivity index (χ0v) is 9.01. The minimum atomic E-state index is -0.891. The zero-order chi connectivity index (χ0) is 10.7. The second-order valence-electron chi connectivity index (χ2n) is 3.43. The molecule has 0 saturated heterocycles. The van der Waals surface area contributed by atoms with Crippen molar-refractivity contribution in [3.8, 4) is 0 Å². The highest BCUT2D eigenvalue weighted by molar-refractivity contribution is 6.18. The molecule has 0 aliphatic carbocycles. The summed E-state index contributed by atoms with van der Waals surface area (Å²) in [4.78, 5) is 10.7. The van der Waals surface area contributed by atoms with Crippen molar-refractivity contribution in [1.82, 2.24) is 0 Å². The smallest absolute Gasteiger partial charge is 0.335 e. The van der Waals surface area contributed by atoms with Gasteiger partial charge in [0.25, 0.3) is 0 Å². The number of hydrogen-bond donors (Lipinski definition) is 1. The summed E-state index contributed by atoms with van der Waals surface area (Å²) in [6, 6.07) is 5.14. The Balaban J connectivity index is 3.07. The molecule has 3 heteroatoms. The van der Waals surface area contributed by atoms with Gasteiger partial charge in [-0.05, 0) is 36.1 Å². The number of carbonyl (C=O) groups is 1. The van der Waals surface area contributed by atoms with Crippen LogP contribution in [0.5, 0.6) is 0 Å². The number of aromatic carboxylic acids is 1. The van der Waals surface area contributed by atoms with Gasteiger partial charge in [-0.2, -0.15) is 0 Å². The van der Waals surface area contributed by atoms with Crippen LogP contribution in [0.25, 0.3) is 0 Å². The first-order valence-corrected chi connectivity index (χ1v) is 4.99. The summed E-state index contributed by atoms with van der Waals surface area (Å²) in [6.07, 6.45) is 0. The van der Waals surface area contributed by atoms with Crippen LogP contribution < -0.4 is 0 Å². The van der Waals surface area contributed by atoms with Crippen molar-refractivity contribution in [2.24, 2.45) is 0 Å². The first kappa shape index (κ1) is 11.1. The van der Waals surface area contributed by atoms with Gasteiger partial charge >= 0.3 is 5.97 Å². The van der Waals surface area contributed by atoms with E-state index in [2.05, 4.69) is 0 Å². The zero-order valence-electron chi connectivity index (χ0n) is 8.25. The highest BCUT2D eigenvalue weighted by atomic mass is 35.5. The van der Waals surface area contributed by atoms with E-state index in [1.165, 1.54) is 0 Å². The van der Waals surface area contributed by atoms with E-state index in [0.29, 0.717) is 11.4 Å². The quantitative estimate of drug-likeness (QED) is 0.782. The number of alkyl halides is 1. The molecule has 1 aromatic rings. The van der Waals surface area contributed by atoms with Crippen molar-refractivity contribution < 1.29 is 9.90 Å². The maximum atomic E-state index is 10.7. The van der Waals surface area contributed by atoms with Gasteiger partial charge in [0.05, 0.1) is 5.56 Å². The minimum Gasteiger partial charge on any atom is -0.478 e. The lowest BCUT2D eigenvalue weighted by Gasteiger charge is -2.11. The highest BCUT2D eigenvalue weighted by Gasteiger charge is 2.09. The van der Waals surface area contributed by atoms with Gasteiger partial charge in [0.15, 0.2) is 0 Å². The van der Waals surface area contributed by atoms with Crippen LogP contribution in [0.3, 0.4) is 0 Å². The van der Waals surface area contributed by atoms with Crippen LogP contribution in [-0.2, 0) is 0 Å². The third-order valence-corrected chi connectivity index (χ3v) is 2.74. The summed E-state index contributed by atoms with van der Waals surface area (Å²) < 4.78 is 0. The molecule has 1 aromatic carbocycles. The molecule has 2 nitrogen and oxygen atoms in total. The maximum Gasteiger partial charge on any atom is 0.335 e. The average molecular weight is 213 g/mol. The van der Waals surface area contributed by atoms with Crippen LogP contribution in [0.15, 0.2) is 18.2 Å². The predicted octanol–water partition coefficient (Wildman–Crippen LogP) is 3.04. The van der Waals surface area contributed by atoms with Gasteiger partial charge in [-0.25, -0.2) is 4.79 Å². The summed E-state index contributed by atoms with van der Waals surface area (Å²) >= 11 is 5.74. The fraction of sp³-hybridized carbons (Fsp3) is 0.364. The molecular formula is C11H13ClO2. The van der Waals surface area contributed by atoms with Crippen LogP contribution >= 0.6 is 11.6 Å². The fourth-order valence-corrected chi connectivity index (χ4v) is 1.61. The molecule has 1 unspecified atom stereocenters. The van der Waals surface area contributed by atoms with Crippen LogP contribution in [-0.4, -0.2) is 17.0 Å². The largest absolute Gasteiger partial charge is 0.478 e. The van der Waals surface area contributed by atoms with E-state index < -0.39 is 5.97 Å². The number of aryl methyl sites for hydroxylation is 1. The number of hydrogen-bond acceptors (Lipinski definition) is 1. The van der Waals surface area contributed by atoms with Crippen LogP contribution in [0, 0.1) is 6.92 Å². The van der Waals surface area contributed by atoms with Crippen molar-refractivity contribution >= 4 is 17.6 Å². The summed E-state index contributed by atoms with van der Waals surface area (Å²) in [5, 5.41) is 8.77. The van der Waals surface area contributed by atoms with Gasteiger partial charge in [-0.3, -0.25) is 0 Å². The maximum absolute atomic E-state index is 10.7. The van der Waals surface area contributed by atoms with Crippen LogP contribution in [0.2, 0.25) is 0 Å². The van der Waals surface area contributed by atoms with Gasteiger partial charge in [-0.15, -0.1) is 11.6 Å². The van der Waals surface area contributed by atoms with E-state index in [-0.39, 0.29) is 5.92 Å². The lowest BCUT2D eigenvalue weighted by molar-refractivity contribution is 0.0697. The second-order valence-corrected chi connectivity index (χ2v) is 3.74. The van der Waals surface area contributed by atoms with Crippen molar-refractivity contribution in [2.75, 3.05) is 5.88 Å². The molecule has 0 aromatic heterocycles. The third kappa shape index (κ3) is 2.26. The number of carboxylic acid groups (broad SMARTS) is 1. The molecule has 0 fully saturated rings.